The van der Waals surface area contributed by atoms with Crippen LogP contribution in [0.1, 0.15) is 41.0 Å². The lowest BCUT2D eigenvalue weighted by molar-refractivity contribution is 0.668. The van der Waals surface area contributed by atoms with E-state index in [4.69, 9.17) is 8.83 Å². The molecule has 2 aromatic heterocycles. The number of fused-ring (bicyclic) bond motifs is 7. The number of hydrogen-bond acceptors (Lipinski definition) is 3. The van der Waals surface area contributed by atoms with E-state index >= 15 is 0 Å². The molecule has 294 valence electrons. The van der Waals surface area contributed by atoms with E-state index in [1.165, 1.54) is 38.3 Å². The van der Waals surface area contributed by atoms with E-state index in [1.54, 1.807) is 0 Å². The highest BCUT2D eigenvalue weighted by Crippen LogP contribution is 2.48. The molecule has 3 heteroatoms. The largest absolute Gasteiger partial charge is 0.456 e. The minimum absolute atomic E-state index is 0.401. The predicted octanol–water partition coefficient (Wildman–Crippen LogP) is 15.6. The van der Waals surface area contributed by atoms with Crippen LogP contribution in [0.2, 0.25) is 0 Å². The van der Waals surface area contributed by atoms with Gasteiger partial charge in [0.15, 0.2) is 0 Å². The fourth-order valence-corrected chi connectivity index (χ4v) is 8.74. The Bertz CT molecular complexity index is 3230. The summed E-state index contributed by atoms with van der Waals surface area (Å²) in [5, 5.41) is 6.87. The van der Waals surface area contributed by atoms with Crippen molar-refractivity contribution in [3.8, 4) is 33.4 Å². The molecule has 11 rings (SSSR count). The van der Waals surface area contributed by atoms with Crippen LogP contribution in [0.25, 0.3) is 89.4 Å². The van der Waals surface area contributed by atoms with Gasteiger partial charge in [0.05, 0.1) is 16.8 Å². The molecule has 10 aromatic rings. The lowest BCUT2D eigenvalue weighted by Crippen LogP contribution is -2.32. The van der Waals surface area contributed by atoms with Gasteiger partial charge in [0.1, 0.15) is 22.3 Å². The van der Waals surface area contributed by atoms with Crippen molar-refractivity contribution in [3.63, 3.8) is 0 Å². The van der Waals surface area contributed by atoms with Crippen molar-refractivity contribution < 1.29 is 8.83 Å². The van der Waals surface area contributed by atoms with Crippen LogP contribution in [0, 0.1) is 5.92 Å². The van der Waals surface area contributed by atoms with E-state index in [2.05, 4.69) is 188 Å². The Morgan fingerprint density at radius 1 is 0.433 bits per heavy atom. The van der Waals surface area contributed by atoms with E-state index < -0.39 is 0 Å². The van der Waals surface area contributed by atoms with Crippen LogP contribution >= 0.6 is 0 Å². The Morgan fingerprint density at radius 3 is 1.75 bits per heavy atom. The molecule has 0 bridgehead atoms. The minimum atomic E-state index is 0.401. The van der Waals surface area contributed by atoms with Gasteiger partial charge >= 0.3 is 0 Å². The zero-order valence-electron chi connectivity index (χ0n) is 34.9. The number of hydrogen-bond donors (Lipinski definition) is 0. The normalized spacial score (nSPS) is 13.1. The Hall–Kier alpha value is -7.10. The second-order valence-corrected chi connectivity index (χ2v) is 14.9. The summed E-state index contributed by atoms with van der Waals surface area (Å²) < 4.78 is 13.2. The van der Waals surface area contributed by atoms with E-state index in [0.717, 1.165) is 72.9 Å². The molecule has 0 saturated heterocycles. The quantitative estimate of drug-likeness (QED) is 0.168. The molecule has 0 N–H and O–H groups in total. The van der Waals surface area contributed by atoms with Gasteiger partial charge in [0, 0.05) is 27.4 Å². The summed E-state index contributed by atoms with van der Waals surface area (Å²) in [5.41, 5.74) is 13.7. The van der Waals surface area contributed by atoms with E-state index in [-0.39, 0.29) is 0 Å². The van der Waals surface area contributed by atoms with Gasteiger partial charge in [-0.3, -0.25) is 0 Å². The van der Waals surface area contributed by atoms with E-state index in [0.29, 0.717) is 5.92 Å². The Balaban J connectivity index is 0.00000112. The molecule has 0 saturated carbocycles. The molecule has 2 heterocycles. The van der Waals surface area contributed by atoms with Crippen molar-refractivity contribution in [1.82, 2.24) is 0 Å². The van der Waals surface area contributed by atoms with Crippen molar-refractivity contribution in [3.05, 3.63) is 186 Å². The van der Waals surface area contributed by atoms with E-state index in [9.17, 15) is 0 Å². The van der Waals surface area contributed by atoms with Gasteiger partial charge in [-0.15, -0.1) is 0 Å². The van der Waals surface area contributed by atoms with Crippen molar-refractivity contribution in [2.45, 2.75) is 41.0 Å². The fourth-order valence-electron chi connectivity index (χ4n) is 8.74. The first kappa shape index (κ1) is 38.4. The first-order valence-corrected chi connectivity index (χ1v) is 21.4. The molecule has 0 amide bonds. The van der Waals surface area contributed by atoms with Gasteiger partial charge in [0.25, 0.3) is 0 Å². The Morgan fingerprint density at radius 2 is 1.02 bits per heavy atom. The van der Waals surface area contributed by atoms with Crippen molar-refractivity contribution in [2.24, 2.45) is 5.92 Å². The maximum atomic E-state index is 6.65. The van der Waals surface area contributed by atoms with Gasteiger partial charge < -0.3 is 13.7 Å². The third-order valence-electron chi connectivity index (χ3n) is 11.4. The van der Waals surface area contributed by atoms with Crippen molar-refractivity contribution >= 4 is 73.1 Å². The molecule has 0 fully saturated rings. The van der Waals surface area contributed by atoms with Gasteiger partial charge in [-0.25, -0.2) is 0 Å². The predicted molar refractivity (Wildman–Crippen MR) is 257 cm³/mol. The highest BCUT2D eigenvalue weighted by Gasteiger charge is 2.25. The maximum absolute atomic E-state index is 6.65. The number of rotatable bonds is 6. The zero-order valence-corrected chi connectivity index (χ0v) is 34.9. The van der Waals surface area contributed by atoms with Gasteiger partial charge in [0.2, 0.25) is 0 Å². The van der Waals surface area contributed by atoms with Gasteiger partial charge in [-0.1, -0.05) is 174 Å². The van der Waals surface area contributed by atoms with Crippen molar-refractivity contribution in [2.75, 3.05) is 4.90 Å². The Kier molecular flexibility index (Phi) is 10.7. The summed E-state index contributed by atoms with van der Waals surface area (Å²) in [7, 11) is 0. The van der Waals surface area contributed by atoms with Crippen LogP contribution in [-0.2, 0) is 0 Å². The highest BCUT2D eigenvalue weighted by molar-refractivity contribution is 6.15. The second-order valence-electron chi connectivity index (χ2n) is 14.9. The fraction of sp³-hybridized carbons (Fsp3) is 0.123. The monoisotopic (exact) mass is 779 g/mol. The molecule has 3 nitrogen and oxygen atoms in total. The molecule has 0 aliphatic heterocycles. The summed E-state index contributed by atoms with van der Waals surface area (Å²) in [6.07, 6.45) is 5.90. The first-order chi connectivity index (χ1) is 29.7. The number of anilines is 3. The average molecular weight is 780 g/mol. The van der Waals surface area contributed by atoms with Crippen LogP contribution in [-0.4, -0.2) is 0 Å². The first-order valence-electron chi connectivity index (χ1n) is 21.4. The van der Waals surface area contributed by atoms with Crippen LogP contribution < -0.4 is 15.3 Å². The number of nitrogens with zero attached hydrogens (tertiary/aromatic N) is 1. The van der Waals surface area contributed by atoms with Gasteiger partial charge in [-0.05, 0) is 99.1 Å². The van der Waals surface area contributed by atoms with Crippen LogP contribution in [0.4, 0.5) is 17.1 Å². The number of para-hydroxylation sites is 2. The molecule has 0 spiro atoms. The van der Waals surface area contributed by atoms with Gasteiger partial charge in [-0.2, -0.15) is 0 Å². The summed E-state index contributed by atoms with van der Waals surface area (Å²) in [5.74, 6) is 0.401. The molecular formula is C57H49NO2. The second kappa shape index (κ2) is 16.6. The summed E-state index contributed by atoms with van der Waals surface area (Å²) >= 11 is 0. The molecule has 1 unspecified atom stereocenters. The minimum Gasteiger partial charge on any atom is -0.456 e. The lowest BCUT2D eigenvalue weighted by Gasteiger charge is -2.29. The number of furan rings is 2. The third kappa shape index (κ3) is 6.76. The molecule has 0 radical (unpaired) electrons. The maximum Gasteiger partial charge on any atom is 0.137 e. The molecule has 1 aliphatic carbocycles. The van der Waals surface area contributed by atoms with Crippen LogP contribution in [0.5, 0.6) is 0 Å². The molecule has 1 atom stereocenters. The average Bonchev–Trinajstić information content (AvgIpc) is 3.89. The standard InChI is InChI=1S/C53H37NO2.2C2H6/c1-34-23-28-40-39(37-15-6-3-7-16-37)29-30-41(44(40)31-34)45-33-52-46(42-17-8-10-20-49(42)56-52)32-48(45)54(38-26-24-36(25-27-38)35-13-4-2-5-14-35)47-19-12-22-51-53(47)43-18-9-11-21-50(43)55-51;2*1-2/h2-22,24-34H,23H2,1H3;2*1-2H3. The van der Waals surface area contributed by atoms with E-state index in [1.807, 2.05) is 39.8 Å². The SMILES string of the molecule is CC.CC.CC1C=c2c(-c3cc4oc5ccccc5c4cc3N(c3ccc(-c4ccccc4)cc3)c3cccc4oc5ccccc5c34)ccc(-c3ccccc3)c2=CC1. The zero-order chi connectivity index (χ0) is 41.2. The number of benzene rings is 8. The molecular weight excluding hydrogens is 731 g/mol. The molecule has 8 aromatic carbocycles. The topological polar surface area (TPSA) is 29.5 Å². The summed E-state index contributed by atoms with van der Waals surface area (Å²) in [4.78, 5) is 2.43. The third-order valence-corrected chi connectivity index (χ3v) is 11.4. The molecule has 1 aliphatic rings. The van der Waals surface area contributed by atoms with Crippen molar-refractivity contribution in [1.29, 1.82) is 0 Å². The smallest absolute Gasteiger partial charge is 0.137 e. The highest BCUT2D eigenvalue weighted by atomic mass is 16.3. The molecule has 60 heavy (non-hydrogen) atoms. The van der Waals surface area contributed by atoms with Crippen LogP contribution in [0.3, 0.4) is 0 Å². The lowest BCUT2D eigenvalue weighted by atomic mass is 9.88. The summed E-state index contributed by atoms with van der Waals surface area (Å²) in [6.45, 7) is 10.3. The Labute approximate surface area is 352 Å². The van der Waals surface area contributed by atoms with Crippen LogP contribution in [0.15, 0.2) is 185 Å². The summed E-state index contributed by atoms with van der Waals surface area (Å²) in [6, 6.07) is 62.7.